The number of aromatic nitrogens is 2. The number of halogens is 1. The quantitative estimate of drug-likeness (QED) is 0.681. The summed E-state index contributed by atoms with van der Waals surface area (Å²) >= 11 is 5.92. The molecule has 24 heavy (non-hydrogen) atoms. The Bertz CT molecular complexity index is 844. The van der Waals surface area contributed by atoms with Gasteiger partial charge in [-0.2, -0.15) is 0 Å². The highest BCUT2D eigenvalue weighted by Gasteiger charge is 2.35. The van der Waals surface area contributed by atoms with E-state index in [4.69, 9.17) is 17.3 Å². The Morgan fingerprint density at radius 2 is 2.08 bits per heavy atom. The topological polar surface area (TPSA) is 70.0 Å². The Morgan fingerprint density at radius 3 is 2.92 bits per heavy atom. The number of nitrogens with zero attached hydrogens (tertiary/aromatic N) is 2. The first kappa shape index (κ1) is 15.3. The van der Waals surface area contributed by atoms with Gasteiger partial charge in [0.25, 0.3) is 0 Å². The van der Waals surface area contributed by atoms with Gasteiger partial charge in [-0.1, -0.05) is 11.6 Å². The molecule has 0 spiro atoms. The van der Waals surface area contributed by atoms with Crippen LogP contribution in [0.5, 0.6) is 0 Å². The van der Waals surface area contributed by atoms with Crippen LogP contribution in [0.2, 0.25) is 5.02 Å². The van der Waals surface area contributed by atoms with Crippen molar-refractivity contribution >= 4 is 34.0 Å². The lowest BCUT2D eigenvalue weighted by Crippen LogP contribution is -2.48. The van der Waals surface area contributed by atoms with Crippen LogP contribution in [0.25, 0.3) is 11.0 Å². The predicted octanol–water partition coefficient (Wildman–Crippen LogP) is 3.24. The number of nitrogens with one attached hydrogen (secondary N) is 2. The molecule has 1 fully saturated rings. The van der Waals surface area contributed by atoms with Crippen LogP contribution in [-0.2, 0) is 0 Å². The van der Waals surface area contributed by atoms with Crippen molar-refractivity contribution < 1.29 is 0 Å². The zero-order valence-corrected chi connectivity index (χ0v) is 14.1. The van der Waals surface area contributed by atoms with E-state index in [0.717, 1.165) is 47.8 Å². The standard InChI is InChI=1S/C18H20ClN5/c19-13-1-3-14(4-2-13)23-11-18(20)7-10-24(12-18)16-6-9-22-17-15(16)5-8-21-17/h1-6,8-9,23H,7,10-12,20H2,(H,21,22). The average Bonchev–Trinajstić information content (AvgIpc) is 3.21. The minimum absolute atomic E-state index is 0.258. The molecule has 5 nitrogen and oxygen atoms in total. The summed E-state index contributed by atoms with van der Waals surface area (Å²) in [4.78, 5) is 9.87. The minimum atomic E-state index is -0.258. The molecule has 2 aromatic heterocycles. The molecule has 1 atom stereocenters. The Balaban J connectivity index is 1.47. The summed E-state index contributed by atoms with van der Waals surface area (Å²) in [7, 11) is 0. The van der Waals surface area contributed by atoms with Crippen molar-refractivity contribution in [3.05, 3.63) is 53.8 Å². The van der Waals surface area contributed by atoms with Crippen LogP contribution in [0.1, 0.15) is 6.42 Å². The van der Waals surface area contributed by atoms with Crippen LogP contribution < -0.4 is 16.0 Å². The summed E-state index contributed by atoms with van der Waals surface area (Å²) < 4.78 is 0. The van der Waals surface area contributed by atoms with Crippen LogP contribution in [0.4, 0.5) is 11.4 Å². The van der Waals surface area contributed by atoms with Gasteiger partial charge in [-0.3, -0.25) is 0 Å². The first-order valence-corrected chi connectivity index (χ1v) is 8.46. The lowest BCUT2D eigenvalue weighted by atomic mass is 10.00. The summed E-state index contributed by atoms with van der Waals surface area (Å²) in [5.41, 5.74) is 9.53. The van der Waals surface area contributed by atoms with E-state index in [9.17, 15) is 0 Å². The van der Waals surface area contributed by atoms with Gasteiger partial charge in [0.05, 0.1) is 5.54 Å². The number of anilines is 2. The van der Waals surface area contributed by atoms with Crippen LogP contribution >= 0.6 is 11.6 Å². The largest absolute Gasteiger partial charge is 0.383 e. The number of pyridine rings is 1. The van der Waals surface area contributed by atoms with Crippen LogP contribution in [-0.4, -0.2) is 35.1 Å². The van der Waals surface area contributed by atoms with Crippen molar-refractivity contribution in [1.29, 1.82) is 0 Å². The van der Waals surface area contributed by atoms with Gasteiger partial charge in [0.2, 0.25) is 0 Å². The first-order chi connectivity index (χ1) is 11.6. The number of benzene rings is 1. The molecule has 1 unspecified atom stereocenters. The van der Waals surface area contributed by atoms with Gasteiger partial charge < -0.3 is 20.9 Å². The van der Waals surface area contributed by atoms with Gasteiger partial charge in [-0.05, 0) is 42.8 Å². The molecule has 1 aliphatic rings. The zero-order chi connectivity index (χ0) is 16.6. The van der Waals surface area contributed by atoms with E-state index in [0.29, 0.717) is 0 Å². The maximum atomic E-state index is 6.63. The highest BCUT2D eigenvalue weighted by atomic mass is 35.5. The van der Waals surface area contributed by atoms with Crippen molar-refractivity contribution in [2.75, 3.05) is 29.9 Å². The Morgan fingerprint density at radius 1 is 1.25 bits per heavy atom. The zero-order valence-electron chi connectivity index (χ0n) is 13.3. The van der Waals surface area contributed by atoms with E-state index >= 15 is 0 Å². The maximum absolute atomic E-state index is 6.63. The Labute approximate surface area is 145 Å². The van der Waals surface area contributed by atoms with Crippen LogP contribution in [0.15, 0.2) is 48.8 Å². The van der Waals surface area contributed by atoms with Gasteiger partial charge in [-0.15, -0.1) is 0 Å². The summed E-state index contributed by atoms with van der Waals surface area (Å²) in [5.74, 6) is 0. The molecule has 1 saturated heterocycles. The second kappa shape index (κ2) is 6.00. The average molecular weight is 342 g/mol. The van der Waals surface area contributed by atoms with E-state index in [1.54, 1.807) is 0 Å². The SMILES string of the molecule is NC1(CNc2ccc(Cl)cc2)CCN(c2ccnc3[nH]ccc23)C1. The number of H-pyrrole nitrogens is 1. The van der Waals surface area contributed by atoms with Gasteiger partial charge in [0, 0.05) is 53.8 Å². The third-order valence-electron chi connectivity index (χ3n) is 4.65. The maximum Gasteiger partial charge on any atom is 0.139 e. The second-order valence-corrected chi connectivity index (χ2v) is 6.90. The lowest BCUT2D eigenvalue weighted by molar-refractivity contribution is 0.499. The molecule has 4 rings (SSSR count). The molecule has 124 valence electrons. The van der Waals surface area contributed by atoms with E-state index in [1.165, 1.54) is 5.69 Å². The Kier molecular flexibility index (Phi) is 3.82. The molecule has 0 radical (unpaired) electrons. The van der Waals surface area contributed by atoms with E-state index in [-0.39, 0.29) is 5.54 Å². The van der Waals surface area contributed by atoms with Crippen molar-refractivity contribution in [3.8, 4) is 0 Å². The van der Waals surface area contributed by atoms with Crippen molar-refractivity contribution in [2.24, 2.45) is 5.73 Å². The summed E-state index contributed by atoms with van der Waals surface area (Å²) in [6.07, 6.45) is 4.72. The fourth-order valence-corrected chi connectivity index (χ4v) is 3.44. The van der Waals surface area contributed by atoms with Crippen molar-refractivity contribution in [3.63, 3.8) is 0 Å². The number of hydrogen-bond donors (Lipinski definition) is 3. The number of hydrogen-bond acceptors (Lipinski definition) is 4. The number of rotatable bonds is 4. The third-order valence-corrected chi connectivity index (χ3v) is 4.90. The highest BCUT2D eigenvalue weighted by molar-refractivity contribution is 6.30. The minimum Gasteiger partial charge on any atom is -0.383 e. The summed E-state index contributed by atoms with van der Waals surface area (Å²) in [5, 5.41) is 5.31. The number of nitrogens with two attached hydrogens (primary N) is 1. The molecule has 3 aromatic rings. The fraction of sp³-hybridized carbons (Fsp3) is 0.278. The van der Waals surface area contributed by atoms with Crippen molar-refractivity contribution in [2.45, 2.75) is 12.0 Å². The lowest BCUT2D eigenvalue weighted by Gasteiger charge is -2.26. The van der Waals surface area contributed by atoms with E-state index in [2.05, 4.69) is 32.3 Å². The van der Waals surface area contributed by atoms with Gasteiger partial charge in [-0.25, -0.2) is 4.98 Å². The molecule has 0 saturated carbocycles. The smallest absolute Gasteiger partial charge is 0.139 e. The molecule has 6 heteroatoms. The molecule has 0 amide bonds. The number of fused-ring (bicyclic) bond motifs is 1. The Hall–Kier alpha value is -2.24. The van der Waals surface area contributed by atoms with Crippen molar-refractivity contribution in [1.82, 2.24) is 9.97 Å². The molecular weight excluding hydrogens is 322 g/mol. The summed E-state index contributed by atoms with van der Waals surface area (Å²) in [6.45, 7) is 2.49. The molecule has 0 bridgehead atoms. The molecule has 4 N–H and O–H groups in total. The fourth-order valence-electron chi connectivity index (χ4n) is 3.31. The molecule has 3 heterocycles. The van der Waals surface area contributed by atoms with E-state index in [1.807, 2.05) is 36.7 Å². The predicted molar refractivity (Wildman–Crippen MR) is 99.8 cm³/mol. The monoisotopic (exact) mass is 341 g/mol. The van der Waals surface area contributed by atoms with Gasteiger partial charge in [0.1, 0.15) is 5.65 Å². The molecule has 1 aromatic carbocycles. The third kappa shape index (κ3) is 2.92. The molecule has 1 aliphatic heterocycles. The van der Waals surface area contributed by atoms with Crippen LogP contribution in [0.3, 0.4) is 0 Å². The molecule has 0 aliphatic carbocycles. The normalized spacial score (nSPS) is 20.7. The van der Waals surface area contributed by atoms with E-state index < -0.39 is 0 Å². The van der Waals surface area contributed by atoms with Crippen LogP contribution in [0, 0.1) is 0 Å². The van der Waals surface area contributed by atoms with Gasteiger partial charge >= 0.3 is 0 Å². The second-order valence-electron chi connectivity index (χ2n) is 6.46. The molecular formula is C18H20ClN5. The number of aromatic amines is 1. The summed E-state index contributed by atoms with van der Waals surface area (Å²) in [6, 6.07) is 11.9. The van der Waals surface area contributed by atoms with Gasteiger partial charge in [0.15, 0.2) is 0 Å². The first-order valence-electron chi connectivity index (χ1n) is 8.08. The highest BCUT2D eigenvalue weighted by Crippen LogP contribution is 2.30.